The molecular weight excluding hydrogens is 248 g/mol. The summed E-state index contributed by atoms with van der Waals surface area (Å²) in [6.07, 6.45) is 1.67. The van der Waals surface area contributed by atoms with Crippen molar-refractivity contribution in [1.82, 2.24) is 4.98 Å². The largest absolute Gasteiger partial charge is 0.456 e. The Morgan fingerprint density at radius 1 is 0.850 bits per heavy atom. The maximum atomic E-state index is 5.82. The van der Waals surface area contributed by atoms with E-state index in [0.29, 0.717) is 5.69 Å². The van der Waals surface area contributed by atoms with Crippen molar-refractivity contribution in [2.75, 3.05) is 5.73 Å². The monoisotopic (exact) mass is 260 g/mol. The van der Waals surface area contributed by atoms with Gasteiger partial charge in [-0.2, -0.15) is 0 Å². The Balaban J connectivity index is 1.97. The van der Waals surface area contributed by atoms with Gasteiger partial charge >= 0.3 is 0 Å². The third kappa shape index (κ3) is 1.64. The van der Waals surface area contributed by atoms with E-state index in [4.69, 9.17) is 10.2 Å². The molecule has 0 unspecified atom stereocenters. The van der Waals surface area contributed by atoms with E-state index in [1.807, 2.05) is 42.5 Å². The molecule has 0 aliphatic heterocycles. The van der Waals surface area contributed by atoms with Crippen LogP contribution in [-0.4, -0.2) is 4.98 Å². The van der Waals surface area contributed by atoms with Crippen molar-refractivity contribution in [2.24, 2.45) is 0 Å². The van der Waals surface area contributed by atoms with E-state index < -0.39 is 0 Å². The predicted octanol–water partition coefficient (Wildman–Crippen LogP) is 4.23. The Bertz CT molecular complexity index is 907. The number of nitrogens with two attached hydrogens (primary N) is 1. The van der Waals surface area contributed by atoms with Crippen LogP contribution in [0.15, 0.2) is 65.2 Å². The highest BCUT2D eigenvalue weighted by Crippen LogP contribution is 2.31. The van der Waals surface area contributed by atoms with Gasteiger partial charge in [0.25, 0.3) is 0 Å². The second kappa shape index (κ2) is 4.10. The number of hydrogen-bond acceptors (Lipinski definition) is 3. The zero-order chi connectivity index (χ0) is 13.5. The Labute approximate surface area is 115 Å². The van der Waals surface area contributed by atoms with E-state index in [-0.39, 0.29) is 0 Å². The number of aromatic nitrogens is 1. The Morgan fingerprint density at radius 2 is 1.70 bits per heavy atom. The van der Waals surface area contributed by atoms with Crippen LogP contribution in [0, 0.1) is 0 Å². The lowest BCUT2D eigenvalue weighted by atomic mass is 10.1. The molecule has 96 valence electrons. The minimum absolute atomic E-state index is 0.670. The molecule has 20 heavy (non-hydrogen) atoms. The number of benzene rings is 2. The van der Waals surface area contributed by atoms with Gasteiger partial charge in [0, 0.05) is 16.3 Å². The molecule has 4 aromatic rings. The van der Waals surface area contributed by atoms with E-state index in [9.17, 15) is 0 Å². The number of hydrogen-bond donors (Lipinski definition) is 1. The first kappa shape index (κ1) is 11.1. The van der Waals surface area contributed by atoms with Gasteiger partial charge in [0.05, 0.1) is 17.6 Å². The van der Waals surface area contributed by atoms with Crippen molar-refractivity contribution < 1.29 is 4.42 Å². The van der Waals surface area contributed by atoms with Crippen molar-refractivity contribution >= 4 is 27.6 Å². The lowest BCUT2D eigenvalue weighted by Crippen LogP contribution is -1.87. The molecule has 2 heterocycles. The molecule has 0 saturated carbocycles. The highest BCUT2D eigenvalue weighted by atomic mass is 16.3. The van der Waals surface area contributed by atoms with Crippen LogP contribution in [0.2, 0.25) is 0 Å². The van der Waals surface area contributed by atoms with Gasteiger partial charge in [0.1, 0.15) is 11.2 Å². The second-order valence-corrected chi connectivity index (χ2v) is 4.79. The summed E-state index contributed by atoms with van der Waals surface area (Å²) in [5.74, 6) is 0. The van der Waals surface area contributed by atoms with Gasteiger partial charge in [-0.15, -0.1) is 0 Å². The van der Waals surface area contributed by atoms with Crippen molar-refractivity contribution in [3.05, 3.63) is 60.8 Å². The van der Waals surface area contributed by atoms with Crippen molar-refractivity contribution in [1.29, 1.82) is 0 Å². The zero-order valence-corrected chi connectivity index (χ0v) is 10.7. The molecule has 0 atom stereocenters. The third-order valence-electron chi connectivity index (χ3n) is 3.46. The normalized spacial score (nSPS) is 11.2. The first-order chi connectivity index (χ1) is 9.81. The number of nitrogen functional groups attached to an aromatic ring is 1. The molecule has 2 N–H and O–H groups in total. The number of anilines is 1. The fourth-order valence-electron chi connectivity index (χ4n) is 2.46. The maximum Gasteiger partial charge on any atom is 0.135 e. The highest BCUT2D eigenvalue weighted by molar-refractivity contribution is 6.06. The summed E-state index contributed by atoms with van der Waals surface area (Å²) in [4.78, 5) is 4.36. The Hall–Kier alpha value is -2.81. The summed E-state index contributed by atoms with van der Waals surface area (Å²) in [6, 6.07) is 18.0. The summed E-state index contributed by atoms with van der Waals surface area (Å²) < 4.78 is 5.82. The standard InChI is InChI=1S/C17H12N2O/c18-12-6-7-15(19-10-12)11-5-8-17-14(9-11)13-3-1-2-4-16(13)20-17/h1-10H,18H2. The number of nitrogens with zero attached hydrogens (tertiary/aromatic N) is 1. The van der Waals surface area contributed by atoms with E-state index in [1.165, 1.54) is 0 Å². The summed E-state index contributed by atoms with van der Waals surface area (Å²) in [5.41, 5.74) is 10.1. The van der Waals surface area contributed by atoms with E-state index in [2.05, 4.69) is 17.1 Å². The molecule has 0 aliphatic rings. The Morgan fingerprint density at radius 3 is 2.55 bits per heavy atom. The van der Waals surface area contributed by atoms with Gasteiger partial charge in [-0.3, -0.25) is 4.98 Å². The molecule has 0 saturated heterocycles. The molecule has 0 aliphatic carbocycles. The minimum Gasteiger partial charge on any atom is -0.456 e. The molecule has 3 nitrogen and oxygen atoms in total. The molecule has 0 radical (unpaired) electrons. The quantitative estimate of drug-likeness (QED) is 0.557. The average molecular weight is 260 g/mol. The molecule has 2 aromatic heterocycles. The van der Waals surface area contributed by atoms with Crippen LogP contribution in [-0.2, 0) is 0 Å². The smallest absolute Gasteiger partial charge is 0.135 e. The molecule has 3 heteroatoms. The molecule has 0 amide bonds. The van der Waals surface area contributed by atoms with Gasteiger partial charge < -0.3 is 10.2 Å². The highest BCUT2D eigenvalue weighted by Gasteiger charge is 2.08. The molecule has 0 bridgehead atoms. The first-order valence-corrected chi connectivity index (χ1v) is 6.44. The summed E-state index contributed by atoms with van der Waals surface area (Å²) in [5, 5.41) is 2.23. The van der Waals surface area contributed by atoms with Gasteiger partial charge in [-0.1, -0.05) is 18.2 Å². The van der Waals surface area contributed by atoms with Gasteiger partial charge in [0.15, 0.2) is 0 Å². The lowest BCUT2D eigenvalue weighted by molar-refractivity contribution is 0.669. The van der Waals surface area contributed by atoms with Crippen LogP contribution < -0.4 is 5.73 Å². The van der Waals surface area contributed by atoms with E-state index in [1.54, 1.807) is 6.20 Å². The topological polar surface area (TPSA) is 52.0 Å². The SMILES string of the molecule is Nc1ccc(-c2ccc3oc4ccccc4c3c2)nc1. The van der Waals surface area contributed by atoms with Crippen molar-refractivity contribution in [3.8, 4) is 11.3 Å². The summed E-state index contributed by atoms with van der Waals surface area (Å²) in [6.45, 7) is 0. The van der Waals surface area contributed by atoms with Crippen LogP contribution in [0.1, 0.15) is 0 Å². The summed E-state index contributed by atoms with van der Waals surface area (Å²) in [7, 11) is 0. The minimum atomic E-state index is 0.670. The summed E-state index contributed by atoms with van der Waals surface area (Å²) >= 11 is 0. The lowest BCUT2D eigenvalue weighted by Gasteiger charge is -2.01. The van der Waals surface area contributed by atoms with Gasteiger partial charge in [0.2, 0.25) is 0 Å². The molecular formula is C17H12N2O. The Kier molecular flexibility index (Phi) is 2.27. The number of fused-ring (bicyclic) bond motifs is 3. The van der Waals surface area contributed by atoms with E-state index in [0.717, 1.165) is 33.2 Å². The molecule has 4 rings (SSSR count). The number of furan rings is 1. The second-order valence-electron chi connectivity index (χ2n) is 4.79. The average Bonchev–Trinajstić information content (AvgIpc) is 2.86. The van der Waals surface area contributed by atoms with Crippen LogP contribution >= 0.6 is 0 Å². The number of para-hydroxylation sites is 1. The van der Waals surface area contributed by atoms with Gasteiger partial charge in [-0.05, 0) is 36.4 Å². The van der Waals surface area contributed by atoms with E-state index >= 15 is 0 Å². The van der Waals surface area contributed by atoms with Gasteiger partial charge in [-0.25, -0.2) is 0 Å². The van der Waals surface area contributed by atoms with Crippen molar-refractivity contribution in [2.45, 2.75) is 0 Å². The fourth-order valence-corrected chi connectivity index (χ4v) is 2.46. The van der Waals surface area contributed by atoms with Crippen LogP contribution in [0.5, 0.6) is 0 Å². The first-order valence-electron chi connectivity index (χ1n) is 6.44. The fraction of sp³-hybridized carbons (Fsp3) is 0. The van der Waals surface area contributed by atoms with Crippen LogP contribution in [0.4, 0.5) is 5.69 Å². The van der Waals surface area contributed by atoms with Crippen molar-refractivity contribution in [3.63, 3.8) is 0 Å². The maximum absolute atomic E-state index is 5.82. The van der Waals surface area contributed by atoms with Crippen LogP contribution in [0.3, 0.4) is 0 Å². The number of rotatable bonds is 1. The molecule has 0 spiro atoms. The number of pyridine rings is 1. The zero-order valence-electron chi connectivity index (χ0n) is 10.7. The van der Waals surface area contributed by atoms with Crippen LogP contribution in [0.25, 0.3) is 33.2 Å². The molecule has 0 fully saturated rings. The third-order valence-corrected chi connectivity index (χ3v) is 3.46. The predicted molar refractivity (Wildman–Crippen MR) is 81.4 cm³/mol. The molecule has 2 aromatic carbocycles.